The number of hydrogen-bond acceptors (Lipinski definition) is 4. The lowest BCUT2D eigenvalue weighted by Crippen LogP contribution is -2.33. The third-order valence-electron chi connectivity index (χ3n) is 2.96. The summed E-state index contributed by atoms with van der Waals surface area (Å²) in [6.45, 7) is 7.22. The molecule has 0 aliphatic carbocycles. The Morgan fingerprint density at radius 2 is 2.29 bits per heavy atom. The van der Waals surface area contributed by atoms with Gasteiger partial charge in [0.25, 0.3) is 0 Å². The molecule has 0 fully saturated rings. The molecule has 2 atom stereocenters. The van der Waals surface area contributed by atoms with Crippen molar-refractivity contribution in [2.24, 2.45) is 0 Å². The Kier molecular flexibility index (Phi) is 3.91. The molecule has 1 N–H and O–H groups in total. The van der Waals surface area contributed by atoms with Gasteiger partial charge in [-0.1, -0.05) is 0 Å². The Hall–Kier alpha value is -1.20. The van der Waals surface area contributed by atoms with Gasteiger partial charge in [-0.25, -0.2) is 4.98 Å². The maximum atomic E-state index is 4.34. The summed E-state index contributed by atoms with van der Waals surface area (Å²) in [5.41, 5.74) is 4.16. The molecule has 0 aliphatic heterocycles. The van der Waals surface area contributed by atoms with E-state index in [2.05, 4.69) is 47.7 Å². The minimum atomic E-state index is 0.335. The highest BCUT2D eigenvalue weighted by Gasteiger charge is 2.14. The molecule has 2 aromatic rings. The fraction of sp³-hybridized carbons (Fsp3) is 0.500. The lowest BCUT2D eigenvalue weighted by molar-refractivity contribution is 0.364. The molecule has 0 amide bonds. The van der Waals surface area contributed by atoms with Crippen LogP contribution in [0.4, 0.5) is 0 Å². The molecule has 2 heterocycles. The molecule has 5 heteroatoms. The predicted octanol–water partition coefficient (Wildman–Crippen LogP) is 2.39. The first-order chi connectivity index (χ1) is 8.16. The fourth-order valence-electron chi connectivity index (χ4n) is 1.65. The Morgan fingerprint density at radius 3 is 2.88 bits per heavy atom. The van der Waals surface area contributed by atoms with Gasteiger partial charge in [0.05, 0.1) is 23.4 Å². The van der Waals surface area contributed by atoms with Crippen molar-refractivity contribution in [1.29, 1.82) is 0 Å². The average molecular weight is 250 g/mol. The number of hydrogen-bond donors (Lipinski definition) is 1. The zero-order valence-corrected chi connectivity index (χ0v) is 11.2. The minimum absolute atomic E-state index is 0.335. The zero-order chi connectivity index (χ0) is 12.3. The highest BCUT2D eigenvalue weighted by atomic mass is 32.1. The smallest absolute Gasteiger partial charge is 0.0795 e. The first-order valence-corrected chi connectivity index (χ1v) is 6.72. The van der Waals surface area contributed by atoms with E-state index < -0.39 is 0 Å². The molecule has 0 saturated heterocycles. The molecule has 0 unspecified atom stereocenters. The Labute approximate surface area is 106 Å². The van der Waals surface area contributed by atoms with Crippen LogP contribution in [0.3, 0.4) is 0 Å². The van der Waals surface area contributed by atoms with Crippen LogP contribution in [-0.4, -0.2) is 20.8 Å². The van der Waals surface area contributed by atoms with Crippen LogP contribution in [0.5, 0.6) is 0 Å². The number of thiazole rings is 1. The van der Waals surface area contributed by atoms with E-state index in [-0.39, 0.29) is 0 Å². The summed E-state index contributed by atoms with van der Waals surface area (Å²) in [7, 11) is 0. The van der Waals surface area contributed by atoms with E-state index in [1.54, 1.807) is 11.3 Å². The van der Waals surface area contributed by atoms with Crippen LogP contribution in [-0.2, 0) is 6.54 Å². The summed E-state index contributed by atoms with van der Waals surface area (Å²) >= 11 is 1.63. The van der Waals surface area contributed by atoms with Gasteiger partial charge >= 0.3 is 0 Å². The monoisotopic (exact) mass is 250 g/mol. The molecule has 4 nitrogen and oxygen atoms in total. The van der Waals surface area contributed by atoms with Crippen LogP contribution < -0.4 is 5.32 Å². The van der Waals surface area contributed by atoms with Gasteiger partial charge in [0.1, 0.15) is 0 Å². The molecular formula is C12H18N4S. The number of nitrogens with one attached hydrogen (secondary N) is 1. The number of aromatic nitrogens is 3. The van der Waals surface area contributed by atoms with Crippen molar-refractivity contribution in [2.45, 2.75) is 39.4 Å². The van der Waals surface area contributed by atoms with Crippen molar-refractivity contribution >= 4 is 11.3 Å². The second kappa shape index (κ2) is 5.42. The van der Waals surface area contributed by atoms with Gasteiger partial charge in [-0.2, -0.15) is 5.10 Å². The molecule has 2 rings (SSSR count). The predicted molar refractivity (Wildman–Crippen MR) is 70.1 cm³/mol. The van der Waals surface area contributed by atoms with E-state index in [9.17, 15) is 0 Å². The fourth-order valence-corrected chi connectivity index (χ4v) is 2.20. The van der Waals surface area contributed by atoms with E-state index in [0.29, 0.717) is 12.1 Å². The largest absolute Gasteiger partial charge is 0.306 e. The molecule has 0 radical (unpaired) electrons. The molecular weight excluding hydrogens is 232 g/mol. The third kappa shape index (κ3) is 3.14. The maximum Gasteiger partial charge on any atom is 0.0795 e. The van der Waals surface area contributed by atoms with Gasteiger partial charge in [-0.3, -0.25) is 4.68 Å². The summed E-state index contributed by atoms with van der Waals surface area (Å²) in [5, 5.41) is 9.89. The van der Waals surface area contributed by atoms with Crippen LogP contribution in [0.1, 0.15) is 31.1 Å². The summed E-state index contributed by atoms with van der Waals surface area (Å²) in [5.74, 6) is 0. The van der Waals surface area contributed by atoms with Crippen LogP contribution >= 0.6 is 11.3 Å². The molecule has 0 aliphatic rings. The summed E-state index contributed by atoms with van der Waals surface area (Å²) in [4.78, 5) is 4.26. The van der Waals surface area contributed by atoms with Crippen molar-refractivity contribution in [1.82, 2.24) is 20.1 Å². The second-order valence-corrected chi connectivity index (χ2v) is 5.11. The highest BCUT2D eigenvalue weighted by Crippen LogP contribution is 2.11. The maximum absolute atomic E-state index is 4.34. The lowest BCUT2D eigenvalue weighted by Gasteiger charge is -2.21. The van der Waals surface area contributed by atoms with Gasteiger partial charge in [0, 0.05) is 24.2 Å². The normalized spacial score (nSPS) is 14.8. The summed E-state index contributed by atoms with van der Waals surface area (Å²) in [6, 6.07) is 0.693. The first kappa shape index (κ1) is 12.3. The van der Waals surface area contributed by atoms with E-state index in [1.165, 1.54) is 5.56 Å². The molecule has 0 spiro atoms. The van der Waals surface area contributed by atoms with E-state index in [0.717, 1.165) is 12.2 Å². The van der Waals surface area contributed by atoms with Crippen LogP contribution in [0, 0.1) is 6.92 Å². The van der Waals surface area contributed by atoms with Gasteiger partial charge in [0.15, 0.2) is 0 Å². The number of aryl methyl sites for hydroxylation is 1. The Balaban J connectivity index is 1.89. The standard InChI is InChI=1S/C12H18N4S/c1-9-4-15-16(6-9)11(3)10(2)13-5-12-7-17-8-14-12/h4,6-8,10-11,13H,5H2,1-3H3/t10-,11+/m1/s1. The first-order valence-electron chi connectivity index (χ1n) is 5.78. The third-order valence-corrected chi connectivity index (χ3v) is 3.60. The average Bonchev–Trinajstić information content (AvgIpc) is 2.95. The van der Waals surface area contributed by atoms with Gasteiger partial charge < -0.3 is 5.32 Å². The SMILES string of the molecule is Cc1cnn([C@@H](C)[C@@H](C)NCc2cscn2)c1. The van der Waals surface area contributed by atoms with E-state index in [1.807, 2.05) is 16.4 Å². The summed E-state index contributed by atoms with van der Waals surface area (Å²) < 4.78 is 2.01. The lowest BCUT2D eigenvalue weighted by atomic mass is 10.1. The second-order valence-electron chi connectivity index (χ2n) is 4.39. The molecule has 92 valence electrons. The van der Waals surface area contributed by atoms with Crippen molar-refractivity contribution in [3.05, 3.63) is 34.5 Å². The van der Waals surface area contributed by atoms with Gasteiger partial charge in [-0.05, 0) is 26.3 Å². The minimum Gasteiger partial charge on any atom is -0.306 e. The molecule has 2 aromatic heterocycles. The number of nitrogens with zero attached hydrogens (tertiary/aromatic N) is 3. The Morgan fingerprint density at radius 1 is 1.47 bits per heavy atom. The van der Waals surface area contributed by atoms with Crippen molar-refractivity contribution in [3.8, 4) is 0 Å². The number of rotatable bonds is 5. The van der Waals surface area contributed by atoms with Gasteiger partial charge in [0.2, 0.25) is 0 Å². The van der Waals surface area contributed by atoms with E-state index in [4.69, 9.17) is 0 Å². The Bertz CT molecular complexity index is 449. The topological polar surface area (TPSA) is 42.7 Å². The molecule has 0 bridgehead atoms. The quantitative estimate of drug-likeness (QED) is 0.886. The highest BCUT2D eigenvalue weighted by molar-refractivity contribution is 7.07. The molecule has 0 aromatic carbocycles. The summed E-state index contributed by atoms with van der Waals surface area (Å²) in [6.07, 6.45) is 3.97. The zero-order valence-electron chi connectivity index (χ0n) is 10.4. The molecule has 17 heavy (non-hydrogen) atoms. The van der Waals surface area contributed by atoms with Crippen LogP contribution in [0.25, 0.3) is 0 Å². The van der Waals surface area contributed by atoms with E-state index >= 15 is 0 Å². The van der Waals surface area contributed by atoms with Crippen molar-refractivity contribution in [2.75, 3.05) is 0 Å². The van der Waals surface area contributed by atoms with Crippen LogP contribution in [0.2, 0.25) is 0 Å². The van der Waals surface area contributed by atoms with Crippen LogP contribution in [0.15, 0.2) is 23.3 Å². The van der Waals surface area contributed by atoms with Crippen molar-refractivity contribution < 1.29 is 0 Å². The van der Waals surface area contributed by atoms with Crippen molar-refractivity contribution in [3.63, 3.8) is 0 Å². The van der Waals surface area contributed by atoms with Gasteiger partial charge in [-0.15, -0.1) is 11.3 Å². The molecule has 0 saturated carbocycles.